The molecule has 24 heavy (non-hydrogen) atoms. The van der Waals surface area contributed by atoms with Crippen LogP contribution in [0.5, 0.6) is 5.75 Å². The number of phenolic OH excluding ortho intramolecular Hbond substituents is 1. The number of aromatic hydroxyl groups is 1. The summed E-state index contributed by atoms with van der Waals surface area (Å²) in [6, 6.07) is 7.92. The largest absolute Gasteiger partial charge is 0.508 e. The molecule has 1 saturated carbocycles. The van der Waals surface area contributed by atoms with Crippen LogP contribution in [-0.4, -0.2) is 29.6 Å². The van der Waals surface area contributed by atoms with E-state index < -0.39 is 0 Å². The maximum atomic E-state index is 9.85. The van der Waals surface area contributed by atoms with Crippen molar-refractivity contribution in [3.63, 3.8) is 0 Å². The normalized spacial score (nSPS) is 31.0. The van der Waals surface area contributed by atoms with Gasteiger partial charge >= 0.3 is 0 Å². The molecule has 3 rings (SSSR count). The minimum atomic E-state index is 0.184. The van der Waals surface area contributed by atoms with Crippen molar-refractivity contribution in [2.24, 2.45) is 17.8 Å². The van der Waals surface area contributed by atoms with Gasteiger partial charge in [-0.05, 0) is 53.8 Å². The maximum absolute atomic E-state index is 9.85. The average Bonchev–Trinajstić information content (AvgIpc) is 2.59. The first-order chi connectivity index (χ1) is 11.5. The molecule has 2 nitrogen and oxygen atoms in total. The molecular weight excluding hydrogens is 294 g/mol. The van der Waals surface area contributed by atoms with Crippen molar-refractivity contribution < 1.29 is 5.11 Å². The number of rotatable bonds is 4. The van der Waals surface area contributed by atoms with Crippen LogP contribution in [0.2, 0.25) is 0 Å². The molecule has 0 amide bonds. The molecule has 0 aromatic heterocycles. The molecule has 0 radical (unpaired) electrons. The van der Waals surface area contributed by atoms with Crippen molar-refractivity contribution in [1.29, 1.82) is 0 Å². The third-order valence-corrected chi connectivity index (χ3v) is 7.07. The van der Waals surface area contributed by atoms with Crippen molar-refractivity contribution in [2.75, 3.05) is 19.6 Å². The van der Waals surface area contributed by atoms with Gasteiger partial charge < -0.3 is 10.0 Å². The smallest absolute Gasteiger partial charge is 0.115 e. The average molecular weight is 330 g/mol. The molecular formula is C22H35NO. The minimum absolute atomic E-state index is 0.184. The fourth-order valence-corrected chi connectivity index (χ4v) is 5.03. The van der Waals surface area contributed by atoms with E-state index in [2.05, 4.69) is 31.7 Å². The van der Waals surface area contributed by atoms with Gasteiger partial charge in [-0.3, -0.25) is 0 Å². The van der Waals surface area contributed by atoms with E-state index in [0.717, 1.165) is 11.8 Å². The van der Waals surface area contributed by atoms with E-state index in [1.165, 1.54) is 63.7 Å². The second kappa shape index (κ2) is 7.47. The summed E-state index contributed by atoms with van der Waals surface area (Å²) in [6.45, 7) is 10.9. The van der Waals surface area contributed by atoms with Crippen molar-refractivity contribution in [2.45, 2.75) is 64.7 Å². The third-order valence-electron chi connectivity index (χ3n) is 7.07. The summed E-state index contributed by atoms with van der Waals surface area (Å²) < 4.78 is 0. The first-order valence-electron chi connectivity index (χ1n) is 10.0. The van der Waals surface area contributed by atoms with E-state index in [1.807, 2.05) is 12.1 Å². The molecule has 1 N–H and O–H groups in total. The molecule has 1 aliphatic carbocycles. The van der Waals surface area contributed by atoms with Crippen LogP contribution in [0.4, 0.5) is 0 Å². The highest BCUT2D eigenvalue weighted by Crippen LogP contribution is 2.41. The summed E-state index contributed by atoms with van der Waals surface area (Å²) in [4.78, 5) is 2.70. The minimum Gasteiger partial charge on any atom is -0.508 e. The summed E-state index contributed by atoms with van der Waals surface area (Å²) >= 11 is 0. The second-order valence-corrected chi connectivity index (χ2v) is 8.75. The molecule has 3 atom stereocenters. The zero-order chi connectivity index (χ0) is 17.2. The monoisotopic (exact) mass is 329 g/mol. The lowest BCUT2D eigenvalue weighted by Crippen LogP contribution is -2.48. The Morgan fingerprint density at radius 1 is 1.25 bits per heavy atom. The Bertz CT molecular complexity index is 537. The second-order valence-electron chi connectivity index (χ2n) is 8.75. The van der Waals surface area contributed by atoms with Crippen molar-refractivity contribution in [3.05, 3.63) is 29.8 Å². The molecule has 0 bridgehead atoms. The van der Waals surface area contributed by atoms with Crippen LogP contribution in [0.25, 0.3) is 0 Å². The summed E-state index contributed by atoms with van der Waals surface area (Å²) in [6.07, 6.45) is 8.43. The van der Waals surface area contributed by atoms with Gasteiger partial charge in [0, 0.05) is 13.1 Å². The number of hydrogen-bond donors (Lipinski definition) is 1. The summed E-state index contributed by atoms with van der Waals surface area (Å²) in [5, 5.41) is 9.85. The van der Waals surface area contributed by atoms with Gasteiger partial charge in [-0.25, -0.2) is 0 Å². The molecule has 2 fully saturated rings. The van der Waals surface area contributed by atoms with Crippen LogP contribution >= 0.6 is 0 Å². The van der Waals surface area contributed by atoms with Crippen LogP contribution in [0.1, 0.15) is 64.9 Å². The molecule has 1 unspecified atom stereocenters. The fourth-order valence-electron chi connectivity index (χ4n) is 5.03. The van der Waals surface area contributed by atoms with E-state index in [0.29, 0.717) is 11.7 Å². The lowest BCUT2D eigenvalue weighted by atomic mass is 9.68. The zero-order valence-electron chi connectivity index (χ0n) is 15.8. The predicted molar refractivity (Wildman–Crippen MR) is 101 cm³/mol. The Balaban J connectivity index is 1.60. The Morgan fingerprint density at radius 3 is 2.67 bits per heavy atom. The summed E-state index contributed by atoms with van der Waals surface area (Å²) in [5.41, 5.74) is 1.48. The van der Waals surface area contributed by atoms with Crippen LogP contribution in [0.3, 0.4) is 0 Å². The molecule has 0 spiro atoms. The van der Waals surface area contributed by atoms with Crippen molar-refractivity contribution >= 4 is 0 Å². The van der Waals surface area contributed by atoms with E-state index in [-0.39, 0.29) is 5.41 Å². The highest BCUT2D eigenvalue weighted by atomic mass is 16.3. The topological polar surface area (TPSA) is 23.5 Å². The number of hydrogen-bond acceptors (Lipinski definition) is 2. The maximum Gasteiger partial charge on any atom is 0.115 e. The highest BCUT2D eigenvalue weighted by Gasteiger charge is 2.38. The Hall–Kier alpha value is -1.02. The van der Waals surface area contributed by atoms with Crippen LogP contribution in [-0.2, 0) is 5.41 Å². The van der Waals surface area contributed by atoms with E-state index in [4.69, 9.17) is 0 Å². The van der Waals surface area contributed by atoms with Crippen molar-refractivity contribution in [3.8, 4) is 5.75 Å². The van der Waals surface area contributed by atoms with E-state index in [1.54, 1.807) is 6.07 Å². The molecule has 1 saturated heterocycles. The third kappa shape index (κ3) is 3.79. The standard InChI is InChI=1S/C22H35NO/c1-17(19-8-5-4-6-9-19)15-23-13-12-22(3,18(2)16-23)20-10-7-11-21(24)14-20/h7,10-11,14,17-19,24H,4-6,8-9,12-13,15-16H2,1-3H3/t17?,18-,22-/m0/s1. The van der Waals surface area contributed by atoms with Gasteiger partial charge in [0.05, 0.1) is 0 Å². The molecule has 2 heteroatoms. The molecule has 1 aliphatic heterocycles. The van der Waals surface area contributed by atoms with Gasteiger partial charge in [0.1, 0.15) is 5.75 Å². The lowest BCUT2D eigenvalue weighted by molar-refractivity contribution is 0.0836. The number of nitrogens with zero attached hydrogens (tertiary/aromatic N) is 1. The van der Waals surface area contributed by atoms with Gasteiger partial charge in [-0.2, -0.15) is 0 Å². The van der Waals surface area contributed by atoms with Crippen LogP contribution < -0.4 is 0 Å². The Labute approximate surface area is 148 Å². The first kappa shape index (κ1) is 17.8. The highest BCUT2D eigenvalue weighted by molar-refractivity contribution is 5.33. The fraction of sp³-hybridized carbons (Fsp3) is 0.727. The van der Waals surface area contributed by atoms with Crippen LogP contribution in [0, 0.1) is 17.8 Å². The number of piperidine rings is 1. The Kier molecular flexibility index (Phi) is 5.54. The quantitative estimate of drug-likeness (QED) is 0.820. The van der Waals surface area contributed by atoms with E-state index >= 15 is 0 Å². The zero-order valence-corrected chi connectivity index (χ0v) is 15.8. The van der Waals surface area contributed by atoms with Crippen molar-refractivity contribution in [1.82, 2.24) is 4.90 Å². The molecule has 1 aromatic rings. The predicted octanol–water partition coefficient (Wildman–Crippen LogP) is 5.21. The SMILES string of the molecule is CC(CN1CC[C@](C)(c2cccc(O)c2)[C@@H](C)C1)C1CCCCC1. The molecule has 1 heterocycles. The number of benzene rings is 1. The first-order valence-corrected chi connectivity index (χ1v) is 10.0. The van der Waals surface area contributed by atoms with Gasteiger partial charge in [0.25, 0.3) is 0 Å². The van der Waals surface area contributed by atoms with E-state index in [9.17, 15) is 5.11 Å². The number of phenols is 1. The number of likely N-dealkylation sites (tertiary alicyclic amines) is 1. The molecule has 2 aliphatic rings. The van der Waals surface area contributed by atoms with Gasteiger partial charge in [-0.1, -0.05) is 65.0 Å². The molecule has 1 aromatic carbocycles. The lowest BCUT2D eigenvalue weighted by Gasteiger charge is -2.46. The van der Waals surface area contributed by atoms with Crippen LogP contribution in [0.15, 0.2) is 24.3 Å². The van der Waals surface area contributed by atoms with Gasteiger partial charge in [0.2, 0.25) is 0 Å². The van der Waals surface area contributed by atoms with Gasteiger partial charge in [-0.15, -0.1) is 0 Å². The summed E-state index contributed by atoms with van der Waals surface area (Å²) in [7, 11) is 0. The molecule has 134 valence electrons. The van der Waals surface area contributed by atoms with Gasteiger partial charge in [0.15, 0.2) is 0 Å². The Morgan fingerprint density at radius 2 is 2.00 bits per heavy atom. The summed E-state index contributed by atoms with van der Waals surface area (Å²) in [5.74, 6) is 2.80.